The predicted octanol–water partition coefficient (Wildman–Crippen LogP) is 1.56. The van der Waals surface area contributed by atoms with Crippen molar-refractivity contribution in [1.82, 2.24) is 5.32 Å². The molecule has 1 unspecified atom stereocenters. The zero-order valence-electron chi connectivity index (χ0n) is 8.26. The van der Waals surface area contributed by atoms with Crippen LogP contribution in [0.5, 0.6) is 0 Å². The lowest BCUT2D eigenvalue weighted by Crippen LogP contribution is -2.37. The summed E-state index contributed by atoms with van der Waals surface area (Å²) in [5.74, 6) is -0.818. The van der Waals surface area contributed by atoms with Gasteiger partial charge in [-0.1, -0.05) is 11.6 Å². The number of hydrogen-bond donors (Lipinski definition) is 2. The van der Waals surface area contributed by atoms with Crippen molar-refractivity contribution >= 4 is 17.5 Å². The molecule has 0 bridgehead atoms. The molecule has 0 aromatic heterocycles. The van der Waals surface area contributed by atoms with Gasteiger partial charge in [-0.05, 0) is 25.1 Å². The Morgan fingerprint density at radius 3 is 2.87 bits per heavy atom. The third-order valence-electron chi connectivity index (χ3n) is 1.91. The Morgan fingerprint density at radius 2 is 2.33 bits per heavy atom. The molecule has 1 atom stereocenters. The molecule has 1 rings (SSSR count). The van der Waals surface area contributed by atoms with Crippen LogP contribution in [0.2, 0.25) is 5.02 Å². The van der Waals surface area contributed by atoms with Crippen LogP contribution in [-0.4, -0.2) is 18.5 Å². The zero-order valence-corrected chi connectivity index (χ0v) is 9.01. The van der Waals surface area contributed by atoms with Gasteiger partial charge in [0.1, 0.15) is 5.82 Å². The molecule has 0 heterocycles. The van der Waals surface area contributed by atoms with Crippen molar-refractivity contribution in [1.29, 1.82) is 0 Å². The fourth-order valence-electron chi connectivity index (χ4n) is 1.03. The van der Waals surface area contributed by atoms with Crippen LogP contribution < -0.4 is 11.1 Å². The second kappa shape index (κ2) is 5.09. The van der Waals surface area contributed by atoms with E-state index in [1.54, 1.807) is 6.92 Å². The summed E-state index contributed by atoms with van der Waals surface area (Å²) < 4.78 is 12.7. The van der Waals surface area contributed by atoms with Crippen LogP contribution in [-0.2, 0) is 0 Å². The maximum Gasteiger partial charge on any atom is 0.253 e. The van der Waals surface area contributed by atoms with E-state index in [-0.39, 0.29) is 22.5 Å². The number of amides is 1. The second-order valence-corrected chi connectivity index (χ2v) is 3.64. The average Bonchev–Trinajstić information content (AvgIpc) is 2.17. The topological polar surface area (TPSA) is 55.1 Å². The smallest absolute Gasteiger partial charge is 0.253 e. The van der Waals surface area contributed by atoms with Crippen molar-refractivity contribution in [3.8, 4) is 0 Å². The van der Waals surface area contributed by atoms with Gasteiger partial charge in [0.2, 0.25) is 0 Å². The minimum atomic E-state index is -0.469. The van der Waals surface area contributed by atoms with E-state index >= 15 is 0 Å². The number of nitrogens with two attached hydrogens (primary N) is 1. The van der Waals surface area contributed by atoms with Crippen molar-refractivity contribution < 1.29 is 9.18 Å². The molecule has 3 N–H and O–H groups in total. The average molecular weight is 231 g/mol. The molecule has 82 valence electrons. The first-order valence-electron chi connectivity index (χ1n) is 4.50. The molecule has 3 nitrogen and oxygen atoms in total. The summed E-state index contributed by atoms with van der Waals surface area (Å²) in [6.07, 6.45) is 0. The van der Waals surface area contributed by atoms with Gasteiger partial charge in [-0.15, -0.1) is 0 Å². The summed E-state index contributed by atoms with van der Waals surface area (Å²) in [5, 5.41) is 2.73. The third-order valence-corrected chi connectivity index (χ3v) is 2.22. The number of benzene rings is 1. The summed E-state index contributed by atoms with van der Waals surface area (Å²) in [4.78, 5) is 11.6. The van der Waals surface area contributed by atoms with Crippen LogP contribution in [0.4, 0.5) is 4.39 Å². The van der Waals surface area contributed by atoms with Gasteiger partial charge < -0.3 is 11.1 Å². The predicted molar refractivity (Wildman–Crippen MR) is 57.4 cm³/mol. The summed E-state index contributed by atoms with van der Waals surface area (Å²) in [6.45, 7) is 2.11. The van der Waals surface area contributed by atoms with Crippen LogP contribution in [0.15, 0.2) is 18.2 Å². The van der Waals surface area contributed by atoms with Crippen LogP contribution in [0.1, 0.15) is 17.3 Å². The highest BCUT2D eigenvalue weighted by atomic mass is 35.5. The third kappa shape index (κ3) is 3.18. The maximum atomic E-state index is 12.7. The maximum absolute atomic E-state index is 12.7. The first-order chi connectivity index (χ1) is 7.04. The minimum Gasteiger partial charge on any atom is -0.348 e. The molecule has 0 spiro atoms. The molecule has 0 radical (unpaired) electrons. The molecule has 0 aliphatic rings. The molecule has 0 saturated carbocycles. The fourth-order valence-corrected chi connectivity index (χ4v) is 1.29. The molecular formula is C10H12ClFN2O. The van der Waals surface area contributed by atoms with E-state index in [9.17, 15) is 9.18 Å². The Balaban J connectivity index is 2.82. The molecule has 0 saturated heterocycles. The molecular weight excluding hydrogens is 219 g/mol. The molecule has 1 aromatic carbocycles. The number of nitrogens with one attached hydrogen (secondary N) is 1. The number of rotatable bonds is 3. The van der Waals surface area contributed by atoms with Gasteiger partial charge in [0.15, 0.2) is 0 Å². The zero-order chi connectivity index (χ0) is 11.4. The van der Waals surface area contributed by atoms with Gasteiger partial charge in [0, 0.05) is 12.6 Å². The highest BCUT2D eigenvalue weighted by Gasteiger charge is 2.12. The first kappa shape index (κ1) is 11.9. The summed E-state index contributed by atoms with van der Waals surface area (Å²) >= 11 is 5.72. The SMILES string of the molecule is CC(CN)NC(=O)c1ccc(F)cc1Cl. The van der Waals surface area contributed by atoms with Crippen LogP contribution in [0.3, 0.4) is 0 Å². The standard InChI is InChI=1S/C10H12ClFN2O/c1-6(5-13)14-10(15)8-3-2-7(12)4-9(8)11/h2-4,6H,5,13H2,1H3,(H,14,15). The van der Waals surface area contributed by atoms with E-state index in [0.717, 1.165) is 6.07 Å². The first-order valence-corrected chi connectivity index (χ1v) is 4.88. The number of carbonyl (C=O) groups excluding carboxylic acids is 1. The Hall–Kier alpha value is -1.13. The molecule has 0 aliphatic carbocycles. The minimum absolute atomic E-state index is 0.0942. The van der Waals surface area contributed by atoms with Crippen LogP contribution in [0.25, 0.3) is 0 Å². The number of hydrogen-bond acceptors (Lipinski definition) is 2. The molecule has 1 aromatic rings. The van der Waals surface area contributed by atoms with Crippen molar-refractivity contribution in [2.75, 3.05) is 6.54 Å². The van der Waals surface area contributed by atoms with Crippen molar-refractivity contribution in [2.24, 2.45) is 5.73 Å². The van der Waals surface area contributed by atoms with Crippen molar-refractivity contribution in [3.05, 3.63) is 34.6 Å². The highest BCUT2D eigenvalue weighted by molar-refractivity contribution is 6.33. The van der Waals surface area contributed by atoms with Crippen molar-refractivity contribution in [2.45, 2.75) is 13.0 Å². The van der Waals surface area contributed by atoms with Gasteiger partial charge >= 0.3 is 0 Å². The van der Waals surface area contributed by atoms with Gasteiger partial charge in [-0.25, -0.2) is 4.39 Å². The largest absolute Gasteiger partial charge is 0.348 e. The van der Waals surface area contributed by atoms with Crippen LogP contribution in [0, 0.1) is 5.82 Å². The Kier molecular flexibility index (Phi) is 4.05. The molecule has 0 aliphatic heterocycles. The fraction of sp³-hybridized carbons (Fsp3) is 0.300. The number of carbonyl (C=O) groups is 1. The normalized spacial score (nSPS) is 12.3. The van der Waals surface area contributed by atoms with E-state index < -0.39 is 5.82 Å². The van der Waals surface area contributed by atoms with Crippen molar-refractivity contribution in [3.63, 3.8) is 0 Å². The summed E-state index contributed by atoms with van der Waals surface area (Å²) in [6, 6.07) is 3.49. The highest BCUT2D eigenvalue weighted by Crippen LogP contribution is 2.16. The molecule has 1 amide bonds. The molecule has 5 heteroatoms. The summed E-state index contributed by atoms with van der Waals surface area (Å²) in [5.41, 5.74) is 5.60. The Morgan fingerprint density at radius 1 is 1.67 bits per heavy atom. The number of halogens is 2. The van der Waals surface area contributed by atoms with Gasteiger partial charge in [0.05, 0.1) is 10.6 Å². The van der Waals surface area contributed by atoms with E-state index in [1.807, 2.05) is 0 Å². The van der Waals surface area contributed by atoms with E-state index in [0.29, 0.717) is 6.54 Å². The lowest BCUT2D eigenvalue weighted by molar-refractivity contribution is 0.0941. The van der Waals surface area contributed by atoms with E-state index in [2.05, 4.69) is 5.32 Å². The Bertz CT molecular complexity index is 370. The lowest BCUT2D eigenvalue weighted by Gasteiger charge is -2.11. The lowest BCUT2D eigenvalue weighted by atomic mass is 10.2. The molecule has 15 heavy (non-hydrogen) atoms. The van der Waals surface area contributed by atoms with Gasteiger partial charge in [-0.2, -0.15) is 0 Å². The quantitative estimate of drug-likeness (QED) is 0.828. The Labute approximate surface area is 92.4 Å². The monoisotopic (exact) mass is 230 g/mol. The summed E-state index contributed by atoms with van der Waals surface area (Å²) in [7, 11) is 0. The molecule has 0 fully saturated rings. The van der Waals surface area contributed by atoms with E-state index in [1.165, 1.54) is 12.1 Å². The van der Waals surface area contributed by atoms with E-state index in [4.69, 9.17) is 17.3 Å². The second-order valence-electron chi connectivity index (χ2n) is 3.23. The van der Waals surface area contributed by atoms with Gasteiger partial charge in [-0.3, -0.25) is 4.79 Å². The van der Waals surface area contributed by atoms with Crippen LogP contribution >= 0.6 is 11.6 Å². The van der Waals surface area contributed by atoms with Gasteiger partial charge in [0.25, 0.3) is 5.91 Å².